The van der Waals surface area contributed by atoms with Gasteiger partial charge in [0.1, 0.15) is 22.7 Å². The highest BCUT2D eigenvalue weighted by molar-refractivity contribution is 6.06. The van der Waals surface area contributed by atoms with Gasteiger partial charge in [-0.05, 0) is 48.9 Å². The van der Waals surface area contributed by atoms with Crippen LogP contribution in [0.3, 0.4) is 0 Å². The van der Waals surface area contributed by atoms with Crippen molar-refractivity contribution in [2.75, 3.05) is 26.1 Å². The molecule has 3 aromatic heterocycles. The van der Waals surface area contributed by atoms with E-state index in [2.05, 4.69) is 10.3 Å². The van der Waals surface area contributed by atoms with Crippen molar-refractivity contribution in [3.05, 3.63) is 70.8 Å². The Morgan fingerprint density at radius 1 is 1.13 bits per heavy atom. The van der Waals surface area contributed by atoms with Gasteiger partial charge in [-0.3, -0.25) is 14.0 Å². The molecule has 4 aromatic rings. The molecule has 0 saturated heterocycles. The lowest BCUT2D eigenvalue weighted by Gasteiger charge is -2.11. The molecule has 0 fully saturated rings. The van der Waals surface area contributed by atoms with Gasteiger partial charge in [-0.1, -0.05) is 6.07 Å². The molecular weight excluding hydrogens is 384 g/mol. The van der Waals surface area contributed by atoms with E-state index in [-0.39, 0.29) is 11.5 Å². The number of ether oxygens (including phenoxy) is 2. The molecular formula is C22H22N4O4. The molecule has 1 N–H and O–H groups in total. The van der Waals surface area contributed by atoms with Gasteiger partial charge in [-0.15, -0.1) is 0 Å². The summed E-state index contributed by atoms with van der Waals surface area (Å²) >= 11 is 0. The maximum absolute atomic E-state index is 13.1. The summed E-state index contributed by atoms with van der Waals surface area (Å²) in [6.07, 6.45) is 2.35. The van der Waals surface area contributed by atoms with Gasteiger partial charge in [0.2, 0.25) is 0 Å². The van der Waals surface area contributed by atoms with Gasteiger partial charge >= 0.3 is 0 Å². The van der Waals surface area contributed by atoms with Crippen LogP contribution in [0.25, 0.3) is 16.7 Å². The minimum absolute atomic E-state index is 0.209. The molecule has 0 unspecified atom stereocenters. The van der Waals surface area contributed by atoms with Gasteiger partial charge in [0.25, 0.3) is 11.5 Å². The average Bonchev–Trinajstić information content (AvgIpc) is 3.13. The summed E-state index contributed by atoms with van der Waals surface area (Å²) in [5.41, 5.74) is 1.81. The van der Waals surface area contributed by atoms with Gasteiger partial charge < -0.3 is 19.4 Å². The van der Waals surface area contributed by atoms with Gasteiger partial charge in [0, 0.05) is 32.1 Å². The molecule has 8 heteroatoms. The van der Waals surface area contributed by atoms with E-state index >= 15 is 0 Å². The minimum atomic E-state index is -0.316. The Morgan fingerprint density at radius 2 is 1.93 bits per heavy atom. The number of fused-ring (bicyclic) bond motifs is 2. The lowest BCUT2D eigenvalue weighted by atomic mass is 10.3. The first-order valence-corrected chi connectivity index (χ1v) is 9.57. The minimum Gasteiger partial charge on any atom is -0.497 e. The van der Waals surface area contributed by atoms with Crippen molar-refractivity contribution in [1.29, 1.82) is 0 Å². The zero-order valence-corrected chi connectivity index (χ0v) is 16.8. The van der Waals surface area contributed by atoms with E-state index in [0.717, 1.165) is 0 Å². The predicted molar refractivity (Wildman–Crippen MR) is 114 cm³/mol. The lowest BCUT2D eigenvalue weighted by molar-refractivity contribution is 0.101. The third-order valence-corrected chi connectivity index (χ3v) is 4.89. The fourth-order valence-corrected chi connectivity index (χ4v) is 3.40. The van der Waals surface area contributed by atoms with Gasteiger partial charge in [0.15, 0.2) is 0 Å². The van der Waals surface area contributed by atoms with E-state index in [1.54, 1.807) is 67.4 Å². The van der Waals surface area contributed by atoms with Crippen molar-refractivity contribution in [3.63, 3.8) is 0 Å². The average molecular weight is 406 g/mol. The van der Waals surface area contributed by atoms with E-state index in [9.17, 15) is 9.59 Å². The van der Waals surface area contributed by atoms with Crippen LogP contribution in [0.5, 0.6) is 5.75 Å². The normalized spacial score (nSPS) is 11.1. The molecule has 3 heterocycles. The Kier molecular flexibility index (Phi) is 5.49. The van der Waals surface area contributed by atoms with Crippen LogP contribution in [0.15, 0.2) is 59.5 Å². The van der Waals surface area contributed by atoms with Crippen LogP contribution in [0.4, 0.5) is 5.69 Å². The first-order valence-electron chi connectivity index (χ1n) is 9.57. The molecule has 1 aromatic carbocycles. The summed E-state index contributed by atoms with van der Waals surface area (Å²) < 4.78 is 13.6. The van der Waals surface area contributed by atoms with Crippen molar-refractivity contribution in [2.24, 2.45) is 0 Å². The number of aromatic nitrogens is 3. The van der Waals surface area contributed by atoms with Gasteiger partial charge in [-0.2, -0.15) is 0 Å². The standard InChI is InChI=1S/C22H22N4O4/c1-29-13-5-12-25-18(21(27)23-15-7-9-16(30-2)10-8-15)14-17-20(25)24-19-6-3-4-11-26(19)22(17)28/h3-4,6-11,14H,5,12-13H2,1-2H3,(H,23,27). The molecule has 4 rings (SSSR count). The fraction of sp³-hybridized carbons (Fsp3) is 0.227. The van der Waals surface area contributed by atoms with Crippen LogP contribution in [0.2, 0.25) is 0 Å². The molecule has 30 heavy (non-hydrogen) atoms. The molecule has 0 bridgehead atoms. The number of hydrogen-bond acceptors (Lipinski definition) is 5. The van der Waals surface area contributed by atoms with Crippen molar-refractivity contribution < 1.29 is 14.3 Å². The summed E-state index contributed by atoms with van der Waals surface area (Å²) in [4.78, 5) is 30.7. The van der Waals surface area contributed by atoms with Gasteiger partial charge in [-0.25, -0.2) is 4.98 Å². The topological polar surface area (TPSA) is 86.9 Å². The number of nitrogens with zero attached hydrogens (tertiary/aromatic N) is 3. The van der Waals surface area contributed by atoms with Crippen molar-refractivity contribution in [2.45, 2.75) is 13.0 Å². The number of pyridine rings is 1. The number of methoxy groups -OCH3 is 2. The van der Waals surface area contributed by atoms with Crippen molar-refractivity contribution in [3.8, 4) is 5.75 Å². The number of benzene rings is 1. The first-order chi connectivity index (χ1) is 14.6. The number of aryl methyl sites for hydroxylation is 1. The van der Waals surface area contributed by atoms with Crippen LogP contribution in [-0.4, -0.2) is 40.7 Å². The molecule has 154 valence electrons. The second-order valence-corrected chi connectivity index (χ2v) is 6.79. The molecule has 0 spiro atoms. The third-order valence-electron chi connectivity index (χ3n) is 4.89. The molecule has 0 aliphatic heterocycles. The second-order valence-electron chi connectivity index (χ2n) is 6.79. The highest BCUT2D eigenvalue weighted by Gasteiger charge is 2.19. The molecule has 0 aliphatic rings. The number of rotatable bonds is 7. The SMILES string of the molecule is COCCCn1c(C(=O)Nc2ccc(OC)cc2)cc2c(=O)n3ccccc3nc21. The van der Waals surface area contributed by atoms with Crippen LogP contribution in [0.1, 0.15) is 16.9 Å². The molecule has 0 aliphatic carbocycles. The Hall–Kier alpha value is -3.65. The maximum Gasteiger partial charge on any atom is 0.272 e. The van der Waals surface area contributed by atoms with E-state index < -0.39 is 0 Å². The highest BCUT2D eigenvalue weighted by atomic mass is 16.5. The number of anilines is 1. The molecule has 0 atom stereocenters. The highest BCUT2D eigenvalue weighted by Crippen LogP contribution is 2.20. The largest absolute Gasteiger partial charge is 0.497 e. The Morgan fingerprint density at radius 3 is 2.67 bits per heavy atom. The van der Waals surface area contributed by atoms with E-state index in [4.69, 9.17) is 9.47 Å². The lowest BCUT2D eigenvalue weighted by Crippen LogP contribution is -2.18. The van der Waals surface area contributed by atoms with E-state index in [1.807, 2.05) is 6.07 Å². The van der Waals surface area contributed by atoms with Crippen molar-refractivity contribution in [1.82, 2.24) is 14.0 Å². The van der Waals surface area contributed by atoms with Crippen LogP contribution >= 0.6 is 0 Å². The monoisotopic (exact) mass is 406 g/mol. The summed E-state index contributed by atoms with van der Waals surface area (Å²) in [6, 6.07) is 14.0. The van der Waals surface area contributed by atoms with Crippen LogP contribution in [-0.2, 0) is 11.3 Å². The summed E-state index contributed by atoms with van der Waals surface area (Å²) in [5.74, 6) is 0.384. The number of hydrogen-bond donors (Lipinski definition) is 1. The second kappa shape index (κ2) is 8.38. The fourth-order valence-electron chi connectivity index (χ4n) is 3.40. The van der Waals surface area contributed by atoms with E-state index in [0.29, 0.717) is 53.4 Å². The van der Waals surface area contributed by atoms with Gasteiger partial charge in [0.05, 0.1) is 12.5 Å². The molecule has 8 nitrogen and oxygen atoms in total. The Bertz CT molecular complexity index is 1260. The van der Waals surface area contributed by atoms with E-state index in [1.165, 1.54) is 4.40 Å². The Labute approximate surface area is 172 Å². The first kappa shape index (κ1) is 19.7. The van der Waals surface area contributed by atoms with Crippen LogP contribution < -0.4 is 15.6 Å². The third kappa shape index (κ3) is 3.65. The summed E-state index contributed by atoms with van der Waals surface area (Å²) in [6.45, 7) is 1.03. The number of amides is 1. The zero-order chi connectivity index (χ0) is 21.1. The summed E-state index contributed by atoms with van der Waals surface area (Å²) in [5, 5.41) is 3.28. The molecule has 0 radical (unpaired) electrons. The molecule has 1 amide bonds. The van der Waals surface area contributed by atoms with Crippen molar-refractivity contribution >= 4 is 28.3 Å². The quantitative estimate of drug-likeness (QED) is 0.477. The number of carbonyl (C=O) groups is 1. The maximum atomic E-state index is 13.1. The van der Waals surface area contributed by atoms with Crippen LogP contribution in [0, 0.1) is 0 Å². The predicted octanol–water partition coefficient (Wildman–Crippen LogP) is 2.95. The zero-order valence-electron chi connectivity index (χ0n) is 16.8. The summed E-state index contributed by atoms with van der Waals surface area (Å²) in [7, 11) is 3.21. The number of nitrogens with one attached hydrogen (secondary N) is 1. The Balaban J connectivity index is 1.79. The smallest absolute Gasteiger partial charge is 0.272 e. The number of carbonyl (C=O) groups excluding carboxylic acids is 1. The molecule has 0 saturated carbocycles.